The van der Waals surface area contributed by atoms with E-state index in [1.54, 1.807) is 0 Å². The van der Waals surface area contributed by atoms with Gasteiger partial charge in [-0.3, -0.25) is 9.69 Å². The Morgan fingerprint density at radius 1 is 1.69 bits per heavy atom. The molecule has 0 aromatic carbocycles. The van der Waals surface area contributed by atoms with Gasteiger partial charge in [0, 0.05) is 19.1 Å². The first-order valence-corrected chi connectivity index (χ1v) is 4.97. The molecule has 4 nitrogen and oxygen atoms in total. The highest BCUT2D eigenvalue weighted by Gasteiger charge is 2.18. The second-order valence-corrected chi connectivity index (χ2v) is 3.59. The molecule has 0 aromatic rings. The van der Waals surface area contributed by atoms with Crippen molar-refractivity contribution in [2.24, 2.45) is 5.73 Å². The Labute approximate surface area is 79.5 Å². The van der Waals surface area contributed by atoms with Crippen molar-refractivity contribution in [3.05, 3.63) is 0 Å². The fourth-order valence-electron chi connectivity index (χ4n) is 1.69. The van der Waals surface area contributed by atoms with Crippen molar-refractivity contribution in [2.75, 3.05) is 26.2 Å². The minimum Gasteiger partial charge on any atom is -0.355 e. The van der Waals surface area contributed by atoms with E-state index in [9.17, 15) is 4.79 Å². The molecule has 0 aliphatic carbocycles. The second-order valence-electron chi connectivity index (χ2n) is 3.59. The molecule has 0 bridgehead atoms. The van der Waals surface area contributed by atoms with Crippen LogP contribution >= 0.6 is 0 Å². The first-order chi connectivity index (χ1) is 6.22. The molecular formula is C9H19N3O. The first kappa shape index (κ1) is 10.5. The van der Waals surface area contributed by atoms with Crippen molar-refractivity contribution in [1.82, 2.24) is 10.2 Å². The van der Waals surface area contributed by atoms with Crippen molar-refractivity contribution in [3.8, 4) is 0 Å². The minimum absolute atomic E-state index is 0.108. The maximum Gasteiger partial charge on any atom is 0.234 e. The zero-order chi connectivity index (χ0) is 9.68. The molecule has 1 aliphatic heterocycles. The summed E-state index contributed by atoms with van der Waals surface area (Å²) in [5.74, 6) is 0.108. The maximum atomic E-state index is 11.2. The number of likely N-dealkylation sites (tertiary alicyclic amines) is 1. The van der Waals surface area contributed by atoms with E-state index in [2.05, 4.69) is 10.2 Å². The van der Waals surface area contributed by atoms with Crippen LogP contribution in [0, 0.1) is 0 Å². The van der Waals surface area contributed by atoms with Gasteiger partial charge in [0.15, 0.2) is 0 Å². The number of rotatable bonds is 3. The van der Waals surface area contributed by atoms with E-state index in [0.717, 1.165) is 25.9 Å². The number of hydrogen-bond acceptors (Lipinski definition) is 3. The predicted molar refractivity (Wildman–Crippen MR) is 52.3 cm³/mol. The number of carbonyl (C=O) groups is 1. The van der Waals surface area contributed by atoms with Crippen molar-refractivity contribution >= 4 is 5.91 Å². The molecule has 1 rings (SSSR count). The SMILES string of the molecule is CCNC(=O)CN1CCC[C@@H](N)C1. The summed E-state index contributed by atoms with van der Waals surface area (Å²) in [4.78, 5) is 13.3. The third-order valence-electron chi connectivity index (χ3n) is 2.28. The molecule has 1 saturated heterocycles. The van der Waals surface area contributed by atoms with Crippen LogP contribution in [-0.2, 0) is 4.79 Å². The highest BCUT2D eigenvalue weighted by atomic mass is 16.2. The fourth-order valence-corrected chi connectivity index (χ4v) is 1.69. The maximum absolute atomic E-state index is 11.2. The van der Waals surface area contributed by atoms with Crippen LogP contribution in [0.3, 0.4) is 0 Å². The molecule has 0 unspecified atom stereocenters. The fraction of sp³-hybridized carbons (Fsp3) is 0.889. The Balaban J connectivity index is 2.23. The van der Waals surface area contributed by atoms with Gasteiger partial charge in [0.05, 0.1) is 6.54 Å². The lowest BCUT2D eigenvalue weighted by atomic mass is 10.1. The van der Waals surface area contributed by atoms with Crippen LogP contribution in [0.25, 0.3) is 0 Å². The lowest BCUT2D eigenvalue weighted by Crippen LogP contribution is -2.46. The summed E-state index contributed by atoms with van der Waals surface area (Å²) in [6, 6.07) is 0.253. The normalized spacial score (nSPS) is 24.3. The average Bonchev–Trinajstić information content (AvgIpc) is 2.04. The van der Waals surface area contributed by atoms with Gasteiger partial charge in [0.25, 0.3) is 0 Å². The van der Waals surface area contributed by atoms with Crippen LogP contribution in [-0.4, -0.2) is 43.0 Å². The molecule has 1 heterocycles. The van der Waals surface area contributed by atoms with Crippen molar-refractivity contribution in [1.29, 1.82) is 0 Å². The largest absolute Gasteiger partial charge is 0.355 e. The molecule has 0 saturated carbocycles. The summed E-state index contributed by atoms with van der Waals surface area (Å²) in [7, 11) is 0. The van der Waals surface area contributed by atoms with Crippen LogP contribution in [0.4, 0.5) is 0 Å². The molecule has 4 heteroatoms. The Morgan fingerprint density at radius 2 is 2.46 bits per heavy atom. The quantitative estimate of drug-likeness (QED) is 0.626. The van der Waals surface area contributed by atoms with Gasteiger partial charge in [-0.25, -0.2) is 0 Å². The average molecular weight is 185 g/mol. The van der Waals surface area contributed by atoms with Gasteiger partial charge in [-0.2, -0.15) is 0 Å². The number of hydrogen-bond donors (Lipinski definition) is 2. The number of carbonyl (C=O) groups excluding carboxylic acids is 1. The van der Waals surface area contributed by atoms with Gasteiger partial charge in [-0.05, 0) is 26.3 Å². The molecule has 1 aliphatic rings. The number of nitrogens with one attached hydrogen (secondary N) is 1. The van der Waals surface area contributed by atoms with E-state index in [1.165, 1.54) is 0 Å². The summed E-state index contributed by atoms with van der Waals surface area (Å²) in [6.45, 7) is 5.00. The summed E-state index contributed by atoms with van der Waals surface area (Å²) in [6.07, 6.45) is 2.20. The van der Waals surface area contributed by atoms with Crippen LogP contribution in [0.5, 0.6) is 0 Å². The lowest BCUT2D eigenvalue weighted by molar-refractivity contribution is -0.122. The lowest BCUT2D eigenvalue weighted by Gasteiger charge is -2.29. The molecule has 0 radical (unpaired) electrons. The van der Waals surface area contributed by atoms with E-state index >= 15 is 0 Å². The third-order valence-corrected chi connectivity index (χ3v) is 2.28. The summed E-state index contributed by atoms with van der Waals surface area (Å²) >= 11 is 0. The molecule has 3 N–H and O–H groups in total. The van der Waals surface area contributed by atoms with Crippen LogP contribution in [0.2, 0.25) is 0 Å². The molecule has 0 aromatic heterocycles. The number of piperidine rings is 1. The van der Waals surface area contributed by atoms with Crippen LogP contribution in [0.1, 0.15) is 19.8 Å². The Morgan fingerprint density at radius 3 is 3.08 bits per heavy atom. The number of nitrogens with zero attached hydrogens (tertiary/aromatic N) is 1. The van der Waals surface area contributed by atoms with Crippen molar-refractivity contribution < 1.29 is 4.79 Å². The first-order valence-electron chi connectivity index (χ1n) is 4.97. The molecular weight excluding hydrogens is 166 g/mol. The smallest absolute Gasteiger partial charge is 0.234 e. The Hall–Kier alpha value is -0.610. The molecule has 76 valence electrons. The van der Waals surface area contributed by atoms with Crippen molar-refractivity contribution in [2.45, 2.75) is 25.8 Å². The molecule has 13 heavy (non-hydrogen) atoms. The van der Waals surface area contributed by atoms with Gasteiger partial charge in [0.2, 0.25) is 5.91 Å². The summed E-state index contributed by atoms with van der Waals surface area (Å²) in [5, 5.41) is 2.79. The topological polar surface area (TPSA) is 58.4 Å². The third kappa shape index (κ3) is 3.74. The zero-order valence-corrected chi connectivity index (χ0v) is 8.25. The second kappa shape index (κ2) is 5.19. The Bertz CT molecular complexity index is 172. The summed E-state index contributed by atoms with van der Waals surface area (Å²) < 4.78 is 0. The van der Waals surface area contributed by atoms with Crippen molar-refractivity contribution in [3.63, 3.8) is 0 Å². The van der Waals surface area contributed by atoms with Crippen LogP contribution < -0.4 is 11.1 Å². The van der Waals surface area contributed by atoms with Gasteiger partial charge in [-0.1, -0.05) is 0 Å². The van der Waals surface area contributed by atoms with Gasteiger partial charge in [-0.15, -0.1) is 0 Å². The highest BCUT2D eigenvalue weighted by Crippen LogP contribution is 2.06. The number of amides is 1. The van der Waals surface area contributed by atoms with E-state index in [4.69, 9.17) is 5.73 Å². The molecule has 1 amide bonds. The monoisotopic (exact) mass is 185 g/mol. The molecule has 1 atom stereocenters. The minimum atomic E-state index is 0.108. The van der Waals surface area contributed by atoms with Gasteiger partial charge in [0.1, 0.15) is 0 Å². The van der Waals surface area contributed by atoms with E-state index in [1.807, 2.05) is 6.92 Å². The van der Waals surface area contributed by atoms with E-state index in [-0.39, 0.29) is 11.9 Å². The molecule has 0 spiro atoms. The highest BCUT2D eigenvalue weighted by molar-refractivity contribution is 5.77. The Kier molecular flexibility index (Phi) is 4.18. The van der Waals surface area contributed by atoms with E-state index in [0.29, 0.717) is 13.1 Å². The van der Waals surface area contributed by atoms with Gasteiger partial charge >= 0.3 is 0 Å². The summed E-state index contributed by atoms with van der Waals surface area (Å²) in [5.41, 5.74) is 5.80. The zero-order valence-electron chi connectivity index (χ0n) is 8.25. The number of nitrogens with two attached hydrogens (primary N) is 1. The molecule has 1 fully saturated rings. The number of likely N-dealkylation sites (N-methyl/N-ethyl adjacent to an activating group) is 1. The predicted octanol–water partition coefficient (Wildman–Crippen LogP) is -0.454. The van der Waals surface area contributed by atoms with E-state index < -0.39 is 0 Å². The van der Waals surface area contributed by atoms with Crippen LogP contribution in [0.15, 0.2) is 0 Å². The van der Waals surface area contributed by atoms with Gasteiger partial charge < -0.3 is 11.1 Å². The standard InChI is InChI=1S/C9H19N3O/c1-2-11-9(13)7-12-5-3-4-8(10)6-12/h8H,2-7,10H2,1H3,(H,11,13)/t8-/m1/s1.